The number of halogens is 1. The summed E-state index contributed by atoms with van der Waals surface area (Å²) in [5, 5.41) is 0. The van der Waals surface area contributed by atoms with Gasteiger partial charge in [0, 0.05) is 13.7 Å². The summed E-state index contributed by atoms with van der Waals surface area (Å²) in [7, 11) is 1.68. The fraction of sp³-hybridized carbons (Fsp3) is 0.833. The lowest BCUT2D eigenvalue weighted by molar-refractivity contribution is -0.107. The first kappa shape index (κ1) is 11.9. The maximum Gasteiger partial charge on any atom is 0.133 e. The minimum Gasteiger partial charge on any atom is -0.385 e. The summed E-state index contributed by atoms with van der Waals surface area (Å²) in [6.45, 7) is 4.55. The molecule has 0 aliphatic carbocycles. The highest BCUT2D eigenvalue weighted by atomic mass is 79.9. The standard InChI is InChI=1S/C3H5BrO.C3H8O/c1-3(4)2-5;1-3-4-2/h2-3H,1H3;3H2,1-2H3. The smallest absolute Gasteiger partial charge is 0.133 e. The van der Waals surface area contributed by atoms with Crippen LogP contribution >= 0.6 is 15.9 Å². The van der Waals surface area contributed by atoms with E-state index in [1.54, 1.807) is 14.0 Å². The van der Waals surface area contributed by atoms with Crippen molar-refractivity contribution >= 4 is 22.2 Å². The molecule has 3 heteroatoms. The van der Waals surface area contributed by atoms with Crippen LogP contribution in [0.5, 0.6) is 0 Å². The molecule has 0 aliphatic heterocycles. The highest BCUT2D eigenvalue weighted by molar-refractivity contribution is 9.09. The SMILES string of the molecule is CC(Br)C=O.CCOC. The number of carbonyl (C=O) groups is 1. The summed E-state index contributed by atoms with van der Waals surface area (Å²) in [6.07, 6.45) is 0.833. The molecule has 0 amide bonds. The molecule has 0 radical (unpaired) electrons. The van der Waals surface area contributed by atoms with Gasteiger partial charge in [0.1, 0.15) is 6.29 Å². The summed E-state index contributed by atoms with van der Waals surface area (Å²) in [5.41, 5.74) is 0. The van der Waals surface area contributed by atoms with Gasteiger partial charge in [-0.15, -0.1) is 0 Å². The molecule has 0 saturated carbocycles. The van der Waals surface area contributed by atoms with E-state index in [0.717, 1.165) is 12.9 Å². The second-order valence-corrected chi connectivity index (χ2v) is 2.84. The van der Waals surface area contributed by atoms with Crippen molar-refractivity contribution in [2.24, 2.45) is 0 Å². The lowest BCUT2D eigenvalue weighted by Crippen LogP contribution is -1.85. The highest BCUT2D eigenvalue weighted by Gasteiger charge is 1.82. The van der Waals surface area contributed by atoms with Crippen LogP contribution in [0.15, 0.2) is 0 Å². The summed E-state index contributed by atoms with van der Waals surface area (Å²) in [4.78, 5) is 9.47. The molecule has 0 bridgehead atoms. The molecule has 56 valence electrons. The van der Waals surface area contributed by atoms with E-state index >= 15 is 0 Å². The zero-order valence-electron chi connectivity index (χ0n) is 6.06. The van der Waals surface area contributed by atoms with Crippen LogP contribution in [0, 0.1) is 0 Å². The Morgan fingerprint density at radius 3 is 2.00 bits per heavy atom. The van der Waals surface area contributed by atoms with Crippen LogP contribution in [0.1, 0.15) is 13.8 Å². The molecule has 0 aliphatic rings. The normalized spacial score (nSPS) is 11.1. The van der Waals surface area contributed by atoms with Crippen molar-refractivity contribution in [3.63, 3.8) is 0 Å². The maximum atomic E-state index is 9.46. The summed E-state index contributed by atoms with van der Waals surface area (Å²) >= 11 is 3.01. The van der Waals surface area contributed by atoms with E-state index in [0.29, 0.717) is 0 Å². The largest absolute Gasteiger partial charge is 0.385 e. The van der Waals surface area contributed by atoms with Gasteiger partial charge in [-0.05, 0) is 13.8 Å². The average Bonchev–Trinajstić information content (AvgIpc) is 1.89. The molecule has 0 aromatic carbocycles. The van der Waals surface area contributed by atoms with Crippen LogP contribution in [-0.2, 0) is 9.53 Å². The fourth-order valence-electron chi connectivity index (χ4n) is 0. The Morgan fingerprint density at radius 2 is 2.00 bits per heavy atom. The van der Waals surface area contributed by atoms with Gasteiger partial charge in [-0.1, -0.05) is 15.9 Å². The van der Waals surface area contributed by atoms with E-state index < -0.39 is 0 Å². The van der Waals surface area contributed by atoms with Gasteiger partial charge in [0.05, 0.1) is 4.83 Å². The third kappa shape index (κ3) is 31.3. The Balaban J connectivity index is 0. The number of carbonyl (C=O) groups excluding carboxylic acids is 1. The number of ether oxygens (including phenoxy) is 1. The predicted molar refractivity (Wildman–Crippen MR) is 42.0 cm³/mol. The van der Waals surface area contributed by atoms with Gasteiger partial charge >= 0.3 is 0 Å². The first-order chi connectivity index (χ1) is 4.18. The molecule has 0 fully saturated rings. The zero-order chi connectivity index (χ0) is 7.70. The second kappa shape index (κ2) is 11.0. The Hall–Kier alpha value is 0.110. The Morgan fingerprint density at radius 1 is 1.78 bits per heavy atom. The lowest BCUT2D eigenvalue weighted by atomic mass is 10.6. The quantitative estimate of drug-likeness (QED) is 0.496. The van der Waals surface area contributed by atoms with Gasteiger partial charge in [-0.3, -0.25) is 0 Å². The summed E-state index contributed by atoms with van der Waals surface area (Å²) in [5.74, 6) is 0. The third-order valence-corrected chi connectivity index (χ3v) is 0.692. The molecule has 0 saturated heterocycles. The lowest BCUT2D eigenvalue weighted by Gasteiger charge is -1.76. The van der Waals surface area contributed by atoms with Gasteiger partial charge in [0.2, 0.25) is 0 Å². The van der Waals surface area contributed by atoms with E-state index in [9.17, 15) is 4.79 Å². The van der Waals surface area contributed by atoms with Crippen molar-refractivity contribution < 1.29 is 9.53 Å². The number of methoxy groups -OCH3 is 1. The molecule has 1 atom stereocenters. The maximum absolute atomic E-state index is 9.46. The minimum absolute atomic E-state index is 0.0162. The molecule has 0 N–H and O–H groups in total. The summed E-state index contributed by atoms with van der Waals surface area (Å²) in [6, 6.07) is 0. The van der Waals surface area contributed by atoms with Crippen molar-refractivity contribution in [3.8, 4) is 0 Å². The number of hydrogen-bond acceptors (Lipinski definition) is 2. The minimum atomic E-state index is 0.0162. The first-order valence-corrected chi connectivity index (χ1v) is 3.68. The van der Waals surface area contributed by atoms with Gasteiger partial charge in [0.15, 0.2) is 0 Å². The Bertz CT molecular complexity index is 53.0. The molecule has 0 spiro atoms. The molecule has 1 unspecified atom stereocenters. The first-order valence-electron chi connectivity index (χ1n) is 2.77. The second-order valence-electron chi connectivity index (χ2n) is 1.39. The molecule has 9 heavy (non-hydrogen) atoms. The van der Waals surface area contributed by atoms with E-state index in [1.807, 2.05) is 6.92 Å². The number of rotatable bonds is 2. The van der Waals surface area contributed by atoms with Crippen molar-refractivity contribution in [1.82, 2.24) is 0 Å². The molecular weight excluding hydrogens is 184 g/mol. The highest BCUT2D eigenvalue weighted by Crippen LogP contribution is 1.87. The average molecular weight is 197 g/mol. The van der Waals surface area contributed by atoms with Crippen molar-refractivity contribution in [2.45, 2.75) is 18.7 Å². The van der Waals surface area contributed by atoms with Crippen LogP contribution in [-0.4, -0.2) is 24.8 Å². The zero-order valence-corrected chi connectivity index (χ0v) is 7.64. The topological polar surface area (TPSA) is 26.3 Å². The summed E-state index contributed by atoms with van der Waals surface area (Å²) < 4.78 is 4.54. The Kier molecular flexibility index (Phi) is 14.5. The number of aldehydes is 1. The third-order valence-electron chi connectivity index (χ3n) is 0.476. The fourth-order valence-corrected chi connectivity index (χ4v) is 0. The molecule has 0 heterocycles. The van der Waals surface area contributed by atoms with Crippen molar-refractivity contribution in [2.75, 3.05) is 13.7 Å². The van der Waals surface area contributed by atoms with Crippen LogP contribution in [0.25, 0.3) is 0 Å². The van der Waals surface area contributed by atoms with Crippen LogP contribution in [0.3, 0.4) is 0 Å². The number of hydrogen-bond donors (Lipinski definition) is 0. The molecule has 2 nitrogen and oxygen atoms in total. The van der Waals surface area contributed by atoms with Crippen molar-refractivity contribution in [1.29, 1.82) is 0 Å². The van der Waals surface area contributed by atoms with Crippen LogP contribution in [0.2, 0.25) is 0 Å². The molecular formula is C6H13BrO2. The molecule has 0 aromatic rings. The predicted octanol–water partition coefficient (Wildman–Crippen LogP) is 1.62. The monoisotopic (exact) mass is 196 g/mol. The van der Waals surface area contributed by atoms with Gasteiger partial charge in [-0.2, -0.15) is 0 Å². The van der Waals surface area contributed by atoms with Crippen LogP contribution in [0.4, 0.5) is 0 Å². The van der Waals surface area contributed by atoms with E-state index in [-0.39, 0.29) is 4.83 Å². The molecule has 0 rings (SSSR count). The molecule has 0 aromatic heterocycles. The Labute approximate surface area is 64.7 Å². The van der Waals surface area contributed by atoms with Gasteiger partial charge in [0.25, 0.3) is 0 Å². The number of alkyl halides is 1. The van der Waals surface area contributed by atoms with E-state index in [4.69, 9.17) is 0 Å². The van der Waals surface area contributed by atoms with Gasteiger partial charge in [-0.25, -0.2) is 0 Å². The van der Waals surface area contributed by atoms with Crippen LogP contribution < -0.4 is 0 Å². The van der Waals surface area contributed by atoms with Crippen molar-refractivity contribution in [3.05, 3.63) is 0 Å². The van der Waals surface area contributed by atoms with Gasteiger partial charge < -0.3 is 9.53 Å². The van der Waals surface area contributed by atoms with E-state index in [2.05, 4.69) is 20.7 Å². The van der Waals surface area contributed by atoms with E-state index in [1.165, 1.54) is 0 Å².